The lowest BCUT2D eigenvalue weighted by molar-refractivity contribution is -0.525. The van der Waals surface area contributed by atoms with Gasteiger partial charge in [-0.2, -0.15) is 0 Å². The maximum atomic E-state index is 12.7. The first-order valence-electron chi connectivity index (χ1n) is 9.97. The van der Waals surface area contributed by atoms with E-state index in [1.807, 2.05) is 0 Å². The van der Waals surface area contributed by atoms with Crippen molar-refractivity contribution < 1.29 is 33.7 Å². The third-order valence-corrected chi connectivity index (χ3v) is 4.17. The summed E-state index contributed by atoms with van der Waals surface area (Å²) in [7, 11) is 1.11. The molecule has 1 aromatic carbocycles. The van der Waals surface area contributed by atoms with E-state index in [9.17, 15) is 29.3 Å². The topological polar surface area (TPSA) is 230 Å². The van der Waals surface area contributed by atoms with E-state index < -0.39 is 53.4 Å². The van der Waals surface area contributed by atoms with E-state index in [1.54, 1.807) is 35.8 Å². The van der Waals surface area contributed by atoms with Gasteiger partial charge in [0.1, 0.15) is 18.7 Å². The lowest BCUT2D eigenvalue weighted by Crippen LogP contribution is -2.53. The molecule has 0 radical (unpaired) electrons. The highest BCUT2D eigenvalue weighted by Crippen LogP contribution is 2.04. The quantitative estimate of drug-likeness (QED) is 0.0557. The molecule has 1 aromatic rings. The number of nitro groups is 1. The Morgan fingerprint density at radius 1 is 1.12 bits per heavy atom. The van der Waals surface area contributed by atoms with Gasteiger partial charge >= 0.3 is 12.1 Å². The molecular formula is C19H27N7O8. The van der Waals surface area contributed by atoms with Gasteiger partial charge in [-0.05, 0) is 18.4 Å². The van der Waals surface area contributed by atoms with Gasteiger partial charge in [0.05, 0.1) is 13.5 Å². The molecule has 15 nitrogen and oxygen atoms in total. The van der Waals surface area contributed by atoms with Gasteiger partial charge in [0, 0.05) is 6.54 Å². The van der Waals surface area contributed by atoms with Crippen molar-refractivity contribution in [1.29, 1.82) is 0 Å². The number of hydrogen-bond acceptors (Lipinski definition) is 9. The van der Waals surface area contributed by atoms with Crippen molar-refractivity contribution in [3.8, 4) is 0 Å². The first-order chi connectivity index (χ1) is 16.1. The number of alkyl carbamates (subject to hydrolysis) is 1. The summed E-state index contributed by atoms with van der Waals surface area (Å²) in [5.74, 6) is -2.97. The van der Waals surface area contributed by atoms with Gasteiger partial charge in [-0.15, -0.1) is 0 Å². The second kappa shape index (κ2) is 14.6. The van der Waals surface area contributed by atoms with Crippen molar-refractivity contribution in [1.82, 2.24) is 16.1 Å². The number of ether oxygens (including phenoxy) is 2. The highest BCUT2D eigenvalue weighted by atomic mass is 16.7. The van der Waals surface area contributed by atoms with E-state index in [-0.39, 0.29) is 26.0 Å². The van der Waals surface area contributed by atoms with Crippen LogP contribution in [0.3, 0.4) is 0 Å². The Labute approximate surface area is 194 Å². The van der Waals surface area contributed by atoms with Crippen LogP contribution in [0, 0.1) is 10.1 Å². The molecule has 0 saturated heterocycles. The summed E-state index contributed by atoms with van der Waals surface area (Å²) in [6.45, 7) is -0.0673. The number of nitrogens with one attached hydrogen (secondary N) is 3. The van der Waals surface area contributed by atoms with Crippen LogP contribution in [-0.4, -0.2) is 60.6 Å². The summed E-state index contributed by atoms with van der Waals surface area (Å²) in [6, 6.07) is 6.19. The molecule has 0 aliphatic carbocycles. The van der Waals surface area contributed by atoms with Gasteiger partial charge in [-0.25, -0.2) is 24.7 Å². The molecule has 0 bridgehead atoms. The van der Waals surface area contributed by atoms with Crippen molar-refractivity contribution >= 4 is 29.8 Å². The number of guanidine groups is 1. The Morgan fingerprint density at radius 3 is 2.38 bits per heavy atom. The third kappa shape index (κ3) is 11.3. The number of esters is 1. The van der Waals surface area contributed by atoms with Crippen LogP contribution in [-0.2, 0) is 30.5 Å². The first kappa shape index (κ1) is 27.6. The minimum Gasteiger partial charge on any atom is -0.467 e. The van der Waals surface area contributed by atoms with E-state index in [4.69, 9.17) is 16.2 Å². The first-order valence-corrected chi connectivity index (χ1v) is 9.97. The molecule has 0 aliphatic rings. The summed E-state index contributed by atoms with van der Waals surface area (Å²) in [4.78, 5) is 62.2. The number of carbonyl (C=O) groups excluding carboxylic acids is 4. The summed E-state index contributed by atoms with van der Waals surface area (Å²) >= 11 is 0. The molecule has 34 heavy (non-hydrogen) atoms. The maximum absolute atomic E-state index is 12.7. The molecule has 1 rings (SSSR count). The van der Waals surface area contributed by atoms with Crippen LogP contribution in [0.15, 0.2) is 35.3 Å². The fraction of sp³-hybridized carbons (Fsp3) is 0.421. The van der Waals surface area contributed by atoms with Gasteiger partial charge in [-0.3, -0.25) is 9.59 Å². The predicted molar refractivity (Wildman–Crippen MR) is 117 cm³/mol. The molecule has 0 aliphatic heterocycles. The molecule has 0 spiro atoms. The Bertz CT molecular complexity index is 894. The van der Waals surface area contributed by atoms with Crippen molar-refractivity contribution in [2.45, 2.75) is 38.0 Å². The van der Waals surface area contributed by atoms with Gasteiger partial charge < -0.3 is 31.6 Å². The number of benzene rings is 1. The fourth-order valence-electron chi connectivity index (χ4n) is 2.60. The van der Waals surface area contributed by atoms with Crippen LogP contribution < -0.4 is 27.5 Å². The Kier molecular flexibility index (Phi) is 11.9. The van der Waals surface area contributed by atoms with Crippen LogP contribution in [0.25, 0.3) is 0 Å². The monoisotopic (exact) mass is 481 g/mol. The number of nitrogens with zero attached hydrogens (tertiary/aromatic N) is 2. The zero-order valence-electron chi connectivity index (χ0n) is 18.4. The van der Waals surface area contributed by atoms with Crippen molar-refractivity contribution in [3.63, 3.8) is 0 Å². The molecule has 186 valence electrons. The van der Waals surface area contributed by atoms with Crippen LogP contribution >= 0.6 is 0 Å². The number of nitrogens with two attached hydrogens (primary N) is 2. The summed E-state index contributed by atoms with van der Waals surface area (Å²) < 4.78 is 9.69. The second-order valence-electron chi connectivity index (χ2n) is 6.79. The zero-order valence-corrected chi connectivity index (χ0v) is 18.4. The van der Waals surface area contributed by atoms with E-state index >= 15 is 0 Å². The molecular weight excluding hydrogens is 454 g/mol. The maximum Gasteiger partial charge on any atom is 0.408 e. The number of carbonyl (C=O) groups is 4. The molecule has 0 saturated carbocycles. The second-order valence-corrected chi connectivity index (χ2v) is 6.79. The molecule has 0 fully saturated rings. The smallest absolute Gasteiger partial charge is 0.408 e. The number of aliphatic imine (C=N–C) groups is 1. The number of amides is 3. The lowest BCUT2D eigenvalue weighted by Gasteiger charge is -2.21. The minimum absolute atomic E-state index is 0.00478. The van der Waals surface area contributed by atoms with Crippen LogP contribution in [0.1, 0.15) is 24.8 Å². The molecule has 15 heteroatoms. The average Bonchev–Trinajstić information content (AvgIpc) is 2.78. The molecule has 0 heterocycles. The van der Waals surface area contributed by atoms with Gasteiger partial charge in [0.25, 0.3) is 5.96 Å². The standard InChI is InChI=1S/C19H27N7O8/c1-33-17(29)13(8-5-9-22-18(21)25-26(31)32)23-16(28)14(10-15(20)27)24-19(30)34-11-12-6-3-2-4-7-12/h2-4,6-7,13-14H,5,8-11H2,1H3,(H2,20,27)(H,23,28)(H,24,30)(H3,21,22,25)/t13-,14+/m1/s1. The Hall–Kier alpha value is -4.43. The molecule has 3 amide bonds. The number of methoxy groups -OCH3 is 1. The third-order valence-electron chi connectivity index (χ3n) is 4.17. The lowest BCUT2D eigenvalue weighted by atomic mass is 10.1. The van der Waals surface area contributed by atoms with Crippen molar-refractivity contribution in [3.05, 3.63) is 46.0 Å². The summed E-state index contributed by atoms with van der Waals surface area (Å²) in [5.41, 5.74) is 12.8. The highest BCUT2D eigenvalue weighted by molar-refractivity contribution is 5.92. The minimum atomic E-state index is -1.41. The number of hydrazine groups is 1. The van der Waals surface area contributed by atoms with E-state index in [2.05, 4.69) is 20.4 Å². The number of primary amides is 1. The van der Waals surface area contributed by atoms with Gasteiger partial charge in [0.2, 0.25) is 11.8 Å². The van der Waals surface area contributed by atoms with Crippen LogP contribution in [0.2, 0.25) is 0 Å². The SMILES string of the molecule is COC(=O)[C@@H](CCCN=C(N)N[N+](=O)[O-])NC(=O)[C@H](CC(N)=O)NC(=O)OCc1ccccc1. The van der Waals surface area contributed by atoms with Crippen LogP contribution in [0.4, 0.5) is 4.79 Å². The normalized spacial score (nSPS) is 12.6. The largest absolute Gasteiger partial charge is 0.467 e. The molecule has 0 aromatic heterocycles. The summed E-state index contributed by atoms with van der Waals surface area (Å²) in [5, 5.41) is 14.0. The van der Waals surface area contributed by atoms with Gasteiger partial charge in [0.15, 0.2) is 5.03 Å². The van der Waals surface area contributed by atoms with Gasteiger partial charge in [-0.1, -0.05) is 35.8 Å². The zero-order chi connectivity index (χ0) is 25.5. The Balaban J connectivity index is 2.71. The molecule has 2 atom stereocenters. The van der Waals surface area contributed by atoms with E-state index in [1.165, 1.54) is 0 Å². The Morgan fingerprint density at radius 2 is 1.79 bits per heavy atom. The van der Waals surface area contributed by atoms with Crippen molar-refractivity contribution in [2.24, 2.45) is 16.5 Å². The number of hydrogen-bond donors (Lipinski definition) is 5. The van der Waals surface area contributed by atoms with E-state index in [0.29, 0.717) is 5.56 Å². The van der Waals surface area contributed by atoms with Crippen LogP contribution in [0.5, 0.6) is 0 Å². The fourth-order valence-corrected chi connectivity index (χ4v) is 2.60. The predicted octanol–water partition coefficient (Wildman–Crippen LogP) is -1.31. The molecule has 7 N–H and O–H groups in total. The highest BCUT2D eigenvalue weighted by Gasteiger charge is 2.28. The number of rotatable bonds is 13. The molecule has 0 unspecified atom stereocenters. The average molecular weight is 481 g/mol. The summed E-state index contributed by atoms with van der Waals surface area (Å²) in [6.07, 6.45) is -1.31. The van der Waals surface area contributed by atoms with E-state index in [0.717, 1.165) is 7.11 Å². The van der Waals surface area contributed by atoms with Crippen molar-refractivity contribution in [2.75, 3.05) is 13.7 Å².